The minimum absolute atomic E-state index is 0.200. The van der Waals surface area contributed by atoms with Crippen LogP contribution in [0.5, 0.6) is 11.5 Å². The molecule has 0 bridgehead atoms. The number of aromatic nitrogens is 2. The van der Waals surface area contributed by atoms with E-state index in [-0.39, 0.29) is 12.8 Å². The van der Waals surface area contributed by atoms with Gasteiger partial charge in [0, 0.05) is 11.3 Å². The molecule has 4 aromatic rings. The Morgan fingerprint density at radius 2 is 1.73 bits per heavy atom. The Labute approximate surface area is 214 Å². The molecule has 8 nitrogen and oxygen atoms in total. The van der Waals surface area contributed by atoms with Gasteiger partial charge in [-0.1, -0.05) is 72.7 Å². The fraction of sp³-hybridized carbons (Fsp3) is 0.207. The summed E-state index contributed by atoms with van der Waals surface area (Å²) in [6.45, 7) is 4.58. The summed E-state index contributed by atoms with van der Waals surface area (Å²) < 4.78 is 16.7. The molecule has 8 heteroatoms. The van der Waals surface area contributed by atoms with Gasteiger partial charge in [-0.05, 0) is 42.2 Å². The van der Waals surface area contributed by atoms with E-state index in [0.29, 0.717) is 29.8 Å². The third kappa shape index (κ3) is 4.31. The van der Waals surface area contributed by atoms with Crippen molar-refractivity contribution in [1.29, 1.82) is 0 Å². The van der Waals surface area contributed by atoms with Crippen LogP contribution in [-0.2, 0) is 13.0 Å². The monoisotopic (exact) mass is 494 g/mol. The number of urea groups is 1. The van der Waals surface area contributed by atoms with Crippen LogP contribution in [0, 0.1) is 0 Å². The Balaban J connectivity index is 1.39. The largest absolute Gasteiger partial charge is 0.454 e. The van der Waals surface area contributed by atoms with Crippen LogP contribution >= 0.6 is 0 Å². The number of carbonyl (C=O) groups excluding carboxylic acids is 1. The van der Waals surface area contributed by atoms with Crippen LogP contribution in [0.4, 0.5) is 4.79 Å². The standard InChI is InChI=1S/C29H26N4O4/c1-3-19-9-12-22(13-10-19)27-31-28(37-32-27)25-18(2)33(16-20-11-14-23-24(15-20)36-17-35-23)29(34)30-26(25)21-7-5-4-6-8-21/h4-15,26H,3,16-17H2,1-2H3,(H,30,34). The Morgan fingerprint density at radius 1 is 0.973 bits per heavy atom. The molecule has 37 heavy (non-hydrogen) atoms. The van der Waals surface area contributed by atoms with Crippen molar-refractivity contribution in [1.82, 2.24) is 20.4 Å². The molecule has 0 radical (unpaired) electrons. The average Bonchev–Trinajstić information content (AvgIpc) is 3.61. The molecule has 0 spiro atoms. The summed E-state index contributed by atoms with van der Waals surface area (Å²) in [6, 6.07) is 23.0. The van der Waals surface area contributed by atoms with Gasteiger partial charge >= 0.3 is 6.03 Å². The first-order valence-electron chi connectivity index (χ1n) is 12.3. The summed E-state index contributed by atoms with van der Waals surface area (Å²) in [6.07, 6.45) is 0.960. The van der Waals surface area contributed by atoms with E-state index in [1.165, 1.54) is 5.56 Å². The molecule has 1 atom stereocenters. The van der Waals surface area contributed by atoms with E-state index in [4.69, 9.17) is 19.0 Å². The van der Waals surface area contributed by atoms with Crippen LogP contribution in [0.25, 0.3) is 17.0 Å². The molecule has 6 rings (SSSR count). The van der Waals surface area contributed by atoms with Crippen LogP contribution in [0.1, 0.15) is 42.5 Å². The number of nitrogens with zero attached hydrogens (tertiary/aromatic N) is 3. The van der Waals surface area contributed by atoms with Crippen molar-refractivity contribution in [3.05, 3.63) is 101 Å². The van der Waals surface area contributed by atoms with E-state index in [0.717, 1.165) is 34.4 Å². The molecule has 1 unspecified atom stereocenters. The number of benzene rings is 3. The molecule has 3 aromatic carbocycles. The van der Waals surface area contributed by atoms with Gasteiger partial charge in [-0.2, -0.15) is 4.98 Å². The number of allylic oxidation sites excluding steroid dienone is 1. The van der Waals surface area contributed by atoms with Gasteiger partial charge in [0.1, 0.15) is 0 Å². The number of hydrogen-bond donors (Lipinski definition) is 1. The quantitative estimate of drug-likeness (QED) is 0.368. The van der Waals surface area contributed by atoms with Gasteiger partial charge in [0.05, 0.1) is 18.2 Å². The molecule has 2 aliphatic rings. The summed E-state index contributed by atoms with van der Waals surface area (Å²) in [4.78, 5) is 19.8. The SMILES string of the molecule is CCc1ccc(-c2noc(C3=C(C)N(Cc4ccc5c(c4)OCO5)C(=O)NC3c3ccccc3)n2)cc1. The highest BCUT2D eigenvalue weighted by molar-refractivity contribution is 5.87. The van der Waals surface area contributed by atoms with Crippen LogP contribution in [0.2, 0.25) is 0 Å². The van der Waals surface area contributed by atoms with Crippen molar-refractivity contribution in [2.45, 2.75) is 32.9 Å². The second-order valence-corrected chi connectivity index (χ2v) is 9.04. The minimum atomic E-state index is -0.433. The first kappa shape index (κ1) is 22.8. The molecule has 0 aliphatic carbocycles. The van der Waals surface area contributed by atoms with Gasteiger partial charge < -0.3 is 19.3 Å². The molecule has 0 saturated carbocycles. The number of fused-ring (bicyclic) bond motifs is 1. The van der Waals surface area contributed by atoms with E-state index in [9.17, 15) is 4.79 Å². The molecule has 1 aromatic heterocycles. The second-order valence-electron chi connectivity index (χ2n) is 9.04. The van der Waals surface area contributed by atoms with E-state index in [1.54, 1.807) is 4.90 Å². The van der Waals surface area contributed by atoms with E-state index in [2.05, 4.69) is 29.5 Å². The highest BCUT2D eigenvalue weighted by atomic mass is 16.7. The van der Waals surface area contributed by atoms with Crippen molar-refractivity contribution in [2.75, 3.05) is 6.79 Å². The fourth-order valence-corrected chi connectivity index (χ4v) is 4.71. The van der Waals surface area contributed by atoms with Crippen LogP contribution in [-0.4, -0.2) is 27.9 Å². The maximum Gasteiger partial charge on any atom is 0.322 e. The molecular formula is C29H26N4O4. The molecule has 1 N–H and O–H groups in total. The van der Waals surface area contributed by atoms with Gasteiger partial charge in [-0.15, -0.1) is 0 Å². The normalized spacial score (nSPS) is 16.8. The minimum Gasteiger partial charge on any atom is -0.454 e. The van der Waals surface area contributed by atoms with Crippen molar-refractivity contribution >= 4 is 11.6 Å². The lowest BCUT2D eigenvalue weighted by atomic mass is 9.94. The van der Waals surface area contributed by atoms with Crippen molar-refractivity contribution < 1.29 is 18.8 Å². The van der Waals surface area contributed by atoms with Gasteiger partial charge in [-0.25, -0.2) is 4.79 Å². The number of nitrogens with one attached hydrogen (secondary N) is 1. The third-order valence-corrected chi connectivity index (χ3v) is 6.78. The maximum atomic E-state index is 13.3. The number of hydrogen-bond acceptors (Lipinski definition) is 6. The second kappa shape index (κ2) is 9.46. The predicted octanol–water partition coefficient (Wildman–Crippen LogP) is 5.73. The Bertz CT molecular complexity index is 1480. The first-order valence-corrected chi connectivity index (χ1v) is 12.3. The number of ether oxygens (including phenoxy) is 2. The lowest BCUT2D eigenvalue weighted by Crippen LogP contribution is -2.45. The molecule has 186 valence electrons. The summed E-state index contributed by atoms with van der Waals surface area (Å²) in [7, 11) is 0. The van der Waals surface area contributed by atoms with E-state index >= 15 is 0 Å². The van der Waals surface area contributed by atoms with Crippen molar-refractivity contribution in [3.63, 3.8) is 0 Å². The van der Waals surface area contributed by atoms with Gasteiger partial charge in [0.25, 0.3) is 5.89 Å². The predicted molar refractivity (Wildman–Crippen MR) is 138 cm³/mol. The first-order chi connectivity index (χ1) is 18.1. The zero-order valence-corrected chi connectivity index (χ0v) is 20.6. The summed E-state index contributed by atoms with van der Waals surface area (Å²) in [5.41, 5.74) is 5.46. The Morgan fingerprint density at radius 3 is 2.51 bits per heavy atom. The van der Waals surface area contributed by atoms with Gasteiger partial charge in [0.2, 0.25) is 12.6 Å². The number of aryl methyl sites for hydroxylation is 1. The Kier molecular flexibility index (Phi) is 5.84. The highest BCUT2D eigenvalue weighted by Gasteiger charge is 2.36. The summed E-state index contributed by atoms with van der Waals surface area (Å²) in [5, 5.41) is 7.41. The van der Waals surface area contributed by atoms with Crippen molar-refractivity contribution in [3.8, 4) is 22.9 Å². The summed E-state index contributed by atoms with van der Waals surface area (Å²) in [5.74, 6) is 2.25. The average molecular weight is 495 g/mol. The fourth-order valence-electron chi connectivity index (χ4n) is 4.71. The lowest BCUT2D eigenvalue weighted by Gasteiger charge is -2.35. The third-order valence-electron chi connectivity index (χ3n) is 6.78. The number of carbonyl (C=O) groups is 1. The molecule has 3 heterocycles. The molecule has 2 aliphatic heterocycles. The number of rotatable bonds is 6. The Hall–Kier alpha value is -4.59. The van der Waals surface area contributed by atoms with E-state index < -0.39 is 6.04 Å². The maximum absolute atomic E-state index is 13.3. The van der Waals surface area contributed by atoms with Crippen LogP contribution < -0.4 is 14.8 Å². The zero-order valence-electron chi connectivity index (χ0n) is 20.6. The molecule has 0 fully saturated rings. The zero-order chi connectivity index (χ0) is 25.4. The van der Waals surface area contributed by atoms with Crippen LogP contribution in [0.15, 0.2) is 83.0 Å². The smallest absolute Gasteiger partial charge is 0.322 e. The number of amides is 2. The molecule has 2 amide bonds. The van der Waals surface area contributed by atoms with Crippen LogP contribution in [0.3, 0.4) is 0 Å². The highest BCUT2D eigenvalue weighted by Crippen LogP contribution is 2.39. The van der Waals surface area contributed by atoms with Gasteiger partial charge in [0.15, 0.2) is 11.5 Å². The topological polar surface area (TPSA) is 89.7 Å². The molecule has 0 saturated heterocycles. The summed E-state index contributed by atoms with van der Waals surface area (Å²) >= 11 is 0. The van der Waals surface area contributed by atoms with Crippen molar-refractivity contribution in [2.24, 2.45) is 0 Å². The molecular weight excluding hydrogens is 468 g/mol. The van der Waals surface area contributed by atoms with E-state index in [1.807, 2.05) is 67.6 Å². The lowest BCUT2D eigenvalue weighted by molar-refractivity contribution is 0.174. The van der Waals surface area contributed by atoms with Gasteiger partial charge in [-0.3, -0.25) is 4.90 Å².